The molecule has 0 radical (unpaired) electrons. The van der Waals surface area contributed by atoms with E-state index in [0.717, 1.165) is 21.8 Å². The highest BCUT2D eigenvalue weighted by Crippen LogP contribution is 2.28. The molecule has 0 fully saturated rings. The van der Waals surface area contributed by atoms with Gasteiger partial charge in [-0.05, 0) is 36.8 Å². The molecular formula is C19H13N7OS. The molecule has 0 aliphatic heterocycles. The summed E-state index contributed by atoms with van der Waals surface area (Å²) in [6, 6.07) is 12.3. The zero-order valence-corrected chi connectivity index (χ0v) is 15.6. The van der Waals surface area contributed by atoms with Gasteiger partial charge in [0.2, 0.25) is 0 Å². The Morgan fingerprint density at radius 3 is 2.61 bits per heavy atom. The molecule has 0 saturated heterocycles. The van der Waals surface area contributed by atoms with Gasteiger partial charge in [0.25, 0.3) is 5.56 Å². The summed E-state index contributed by atoms with van der Waals surface area (Å²) < 4.78 is 1.34. The Bertz CT molecular complexity index is 1220. The normalized spacial score (nSPS) is 10.6. The lowest BCUT2D eigenvalue weighted by molar-refractivity contribution is 0.640. The van der Waals surface area contributed by atoms with Crippen molar-refractivity contribution in [1.29, 1.82) is 5.26 Å². The number of rotatable bonds is 4. The quantitative estimate of drug-likeness (QED) is 0.529. The van der Waals surface area contributed by atoms with Gasteiger partial charge in [-0.1, -0.05) is 17.4 Å². The average molecular weight is 387 g/mol. The molecule has 4 rings (SSSR count). The highest BCUT2D eigenvalue weighted by atomic mass is 32.1. The van der Waals surface area contributed by atoms with Crippen LogP contribution in [-0.4, -0.2) is 29.9 Å². The SMILES string of the molecule is Cc1ccc(-c2nnc(-c3ccc(=O)n(Cc4ccc(C#N)nc4)n3)s2)cn1. The number of aromatic nitrogens is 6. The molecule has 0 aromatic carbocycles. The highest BCUT2D eigenvalue weighted by molar-refractivity contribution is 7.17. The summed E-state index contributed by atoms with van der Waals surface area (Å²) in [6.07, 6.45) is 3.32. The summed E-state index contributed by atoms with van der Waals surface area (Å²) in [5, 5.41) is 23.0. The fourth-order valence-corrected chi connectivity index (χ4v) is 3.27. The Balaban J connectivity index is 1.62. The molecule has 4 aromatic rings. The number of nitriles is 1. The molecule has 0 spiro atoms. The Labute approximate surface area is 163 Å². The first-order valence-corrected chi connectivity index (χ1v) is 9.14. The van der Waals surface area contributed by atoms with Crippen LogP contribution in [0, 0.1) is 18.3 Å². The Morgan fingerprint density at radius 2 is 1.89 bits per heavy atom. The van der Waals surface area contributed by atoms with Crippen molar-refractivity contribution in [2.75, 3.05) is 0 Å². The van der Waals surface area contributed by atoms with E-state index < -0.39 is 0 Å². The van der Waals surface area contributed by atoms with Crippen LogP contribution in [-0.2, 0) is 6.54 Å². The zero-order valence-electron chi connectivity index (χ0n) is 14.8. The first kappa shape index (κ1) is 17.6. The maximum atomic E-state index is 12.2. The lowest BCUT2D eigenvalue weighted by Gasteiger charge is -2.05. The zero-order chi connectivity index (χ0) is 19.5. The van der Waals surface area contributed by atoms with Crippen molar-refractivity contribution >= 4 is 11.3 Å². The summed E-state index contributed by atoms with van der Waals surface area (Å²) in [5.41, 5.74) is 3.23. The van der Waals surface area contributed by atoms with Gasteiger partial charge in [-0.15, -0.1) is 10.2 Å². The molecule has 0 saturated carbocycles. The smallest absolute Gasteiger partial charge is 0.267 e. The van der Waals surface area contributed by atoms with Crippen LogP contribution in [0.5, 0.6) is 0 Å². The molecule has 8 nitrogen and oxygen atoms in total. The van der Waals surface area contributed by atoms with Crippen molar-refractivity contribution in [1.82, 2.24) is 29.9 Å². The van der Waals surface area contributed by atoms with E-state index >= 15 is 0 Å². The summed E-state index contributed by atoms with van der Waals surface area (Å²) in [5.74, 6) is 0. The van der Waals surface area contributed by atoms with Gasteiger partial charge < -0.3 is 0 Å². The Hall–Kier alpha value is -3.77. The topological polar surface area (TPSA) is 110 Å². The molecule has 0 atom stereocenters. The molecule has 0 unspecified atom stereocenters. The van der Waals surface area contributed by atoms with E-state index in [-0.39, 0.29) is 12.1 Å². The van der Waals surface area contributed by atoms with Gasteiger partial charge in [-0.2, -0.15) is 10.4 Å². The molecule has 0 aliphatic carbocycles. The standard InChI is InChI=1S/C19H13N7OS/c1-12-2-4-14(10-21-12)18-23-24-19(28-18)16-6-7-17(27)26(25-16)11-13-3-5-15(8-20)22-9-13/h2-7,9-10H,11H2,1H3. The number of hydrogen-bond donors (Lipinski definition) is 0. The summed E-state index contributed by atoms with van der Waals surface area (Å²) >= 11 is 1.38. The molecule has 0 bridgehead atoms. The van der Waals surface area contributed by atoms with Crippen LogP contribution in [0.3, 0.4) is 0 Å². The third-order valence-electron chi connectivity index (χ3n) is 3.94. The maximum Gasteiger partial charge on any atom is 0.267 e. The third kappa shape index (κ3) is 3.67. The van der Waals surface area contributed by atoms with Gasteiger partial charge >= 0.3 is 0 Å². The fraction of sp³-hybridized carbons (Fsp3) is 0.105. The van der Waals surface area contributed by atoms with Gasteiger partial charge in [0, 0.05) is 29.7 Å². The van der Waals surface area contributed by atoms with E-state index in [1.165, 1.54) is 22.1 Å². The second-order valence-electron chi connectivity index (χ2n) is 5.98. The van der Waals surface area contributed by atoms with Crippen LogP contribution in [0.2, 0.25) is 0 Å². The molecular weight excluding hydrogens is 374 g/mol. The van der Waals surface area contributed by atoms with Crippen LogP contribution >= 0.6 is 11.3 Å². The van der Waals surface area contributed by atoms with Crippen molar-refractivity contribution in [3.63, 3.8) is 0 Å². The molecule has 9 heteroatoms. The number of aryl methyl sites for hydroxylation is 1. The van der Waals surface area contributed by atoms with Crippen LogP contribution < -0.4 is 5.56 Å². The summed E-state index contributed by atoms with van der Waals surface area (Å²) in [4.78, 5) is 20.5. The van der Waals surface area contributed by atoms with Crippen LogP contribution in [0.4, 0.5) is 0 Å². The predicted octanol–water partition coefficient (Wildman–Crippen LogP) is 2.45. The van der Waals surface area contributed by atoms with E-state index in [4.69, 9.17) is 5.26 Å². The Kier molecular flexibility index (Phi) is 4.70. The number of hydrogen-bond acceptors (Lipinski definition) is 8. The average Bonchev–Trinajstić information content (AvgIpc) is 3.21. The van der Waals surface area contributed by atoms with Crippen LogP contribution in [0.15, 0.2) is 53.6 Å². The van der Waals surface area contributed by atoms with Crippen molar-refractivity contribution in [2.24, 2.45) is 0 Å². The lowest BCUT2D eigenvalue weighted by atomic mass is 10.2. The minimum atomic E-state index is -0.236. The second-order valence-corrected chi connectivity index (χ2v) is 6.96. The van der Waals surface area contributed by atoms with E-state index in [9.17, 15) is 4.79 Å². The molecule has 0 aliphatic rings. The number of nitrogens with zero attached hydrogens (tertiary/aromatic N) is 7. The fourth-order valence-electron chi connectivity index (χ4n) is 2.47. The molecule has 0 N–H and O–H groups in total. The molecule has 4 heterocycles. The number of pyridine rings is 2. The first-order valence-electron chi connectivity index (χ1n) is 8.32. The van der Waals surface area contributed by atoms with Gasteiger partial charge in [0.1, 0.15) is 22.5 Å². The molecule has 28 heavy (non-hydrogen) atoms. The van der Waals surface area contributed by atoms with Gasteiger partial charge in [-0.25, -0.2) is 9.67 Å². The highest BCUT2D eigenvalue weighted by Gasteiger charge is 2.12. The van der Waals surface area contributed by atoms with Gasteiger partial charge in [0.05, 0.1) is 6.54 Å². The minimum absolute atomic E-state index is 0.236. The van der Waals surface area contributed by atoms with Crippen LogP contribution in [0.25, 0.3) is 21.3 Å². The van der Waals surface area contributed by atoms with E-state index in [0.29, 0.717) is 16.4 Å². The van der Waals surface area contributed by atoms with Crippen molar-refractivity contribution in [3.05, 3.63) is 76.1 Å². The lowest BCUT2D eigenvalue weighted by Crippen LogP contribution is -2.22. The maximum absolute atomic E-state index is 12.2. The third-order valence-corrected chi connectivity index (χ3v) is 4.94. The molecule has 136 valence electrons. The van der Waals surface area contributed by atoms with Crippen molar-refractivity contribution < 1.29 is 0 Å². The largest absolute Gasteiger partial charge is 0.268 e. The van der Waals surface area contributed by atoms with E-state index in [1.807, 2.05) is 25.1 Å². The molecule has 0 amide bonds. The monoisotopic (exact) mass is 387 g/mol. The Morgan fingerprint density at radius 1 is 1.04 bits per heavy atom. The minimum Gasteiger partial charge on any atom is -0.268 e. The second kappa shape index (κ2) is 7.46. The van der Waals surface area contributed by atoms with E-state index in [2.05, 4.69) is 25.3 Å². The predicted molar refractivity (Wildman–Crippen MR) is 103 cm³/mol. The summed E-state index contributed by atoms with van der Waals surface area (Å²) in [7, 11) is 0. The van der Waals surface area contributed by atoms with Gasteiger partial charge in [0.15, 0.2) is 5.01 Å². The van der Waals surface area contributed by atoms with Crippen LogP contribution in [0.1, 0.15) is 17.0 Å². The van der Waals surface area contributed by atoms with Crippen molar-refractivity contribution in [2.45, 2.75) is 13.5 Å². The molecule has 4 aromatic heterocycles. The summed E-state index contributed by atoms with van der Waals surface area (Å²) in [6.45, 7) is 2.17. The van der Waals surface area contributed by atoms with E-state index in [1.54, 1.807) is 30.6 Å². The van der Waals surface area contributed by atoms with Gasteiger partial charge in [-0.3, -0.25) is 9.78 Å². The van der Waals surface area contributed by atoms with Crippen molar-refractivity contribution in [3.8, 4) is 27.3 Å². The first-order chi connectivity index (χ1) is 13.6.